The predicted molar refractivity (Wildman–Crippen MR) is 74.5 cm³/mol. The Kier molecular flexibility index (Phi) is 5.96. The summed E-state index contributed by atoms with van der Waals surface area (Å²) >= 11 is 0. The molecule has 0 atom stereocenters. The van der Waals surface area contributed by atoms with E-state index in [-0.39, 0.29) is 17.8 Å². The van der Waals surface area contributed by atoms with E-state index in [1.165, 1.54) is 12.7 Å². The molecule has 0 aromatic carbocycles. The second-order valence-electron chi connectivity index (χ2n) is 5.56. The molecule has 0 aliphatic rings. The second kappa shape index (κ2) is 7.24. The molecule has 106 valence electrons. The second-order valence-corrected chi connectivity index (χ2v) is 5.56. The molecule has 0 saturated heterocycles. The Labute approximate surface area is 115 Å². The van der Waals surface area contributed by atoms with Gasteiger partial charge >= 0.3 is 0 Å². The number of ether oxygens (including phenoxy) is 2. The van der Waals surface area contributed by atoms with Crippen molar-refractivity contribution in [2.75, 3.05) is 20.3 Å². The van der Waals surface area contributed by atoms with Gasteiger partial charge in [0.15, 0.2) is 5.78 Å². The van der Waals surface area contributed by atoms with Crippen LogP contribution in [-0.2, 0) is 14.9 Å². The first-order chi connectivity index (χ1) is 8.93. The largest absolute Gasteiger partial charge is 0.478 e. The molecule has 1 heterocycles. The average Bonchev–Trinajstić information content (AvgIpc) is 2.34. The zero-order valence-electron chi connectivity index (χ0n) is 12.2. The maximum atomic E-state index is 11.2. The maximum Gasteiger partial charge on any atom is 0.213 e. The summed E-state index contributed by atoms with van der Waals surface area (Å²) in [6, 6.07) is 3.95. The lowest BCUT2D eigenvalue weighted by Crippen LogP contribution is -2.12. The number of pyridine rings is 1. The van der Waals surface area contributed by atoms with Gasteiger partial charge in [-0.2, -0.15) is 0 Å². The number of Topliss-reactive ketones (excluding diaryl/α,β-unsaturated/α-hetero) is 1. The first-order valence-corrected chi connectivity index (χ1v) is 6.53. The van der Waals surface area contributed by atoms with Crippen LogP contribution >= 0.6 is 0 Å². The van der Waals surface area contributed by atoms with Gasteiger partial charge in [0.05, 0.1) is 6.61 Å². The number of nitrogens with zero attached hydrogens (tertiary/aromatic N) is 1. The van der Waals surface area contributed by atoms with E-state index in [1.807, 2.05) is 12.1 Å². The van der Waals surface area contributed by atoms with E-state index in [2.05, 4.69) is 25.8 Å². The van der Waals surface area contributed by atoms with Gasteiger partial charge < -0.3 is 9.47 Å². The van der Waals surface area contributed by atoms with E-state index in [0.29, 0.717) is 25.3 Å². The molecular formula is C15H23NO3. The maximum absolute atomic E-state index is 11.2. The molecular weight excluding hydrogens is 242 g/mol. The number of rotatable bonds is 7. The van der Waals surface area contributed by atoms with Crippen molar-refractivity contribution in [2.24, 2.45) is 0 Å². The molecule has 0 radical (unpaired) electrons. The highest BCUT2D eigenvalue weighted by Crippen LogP contribution is 2.24. The third-order valence-corrected chi connectivity index (χ3v) is 2.76. The highest BCUT2D eigenvalue weighted by Gasteiger charge is 2.14. The van der Waals surface area contributed by atoms with Crippen molar-refractivity contribution in [2.45, 2.75) is 39.0 Å². The predicted octanol–water partition coefficient (Wildman–Crippen LogP) is 2.75. The molecule has 0 N–H and O–H groups in total. The van der Waals surface area contributed by atoms with Gasteiger partial charge in [-0.05, 0) is 23.5 Å². The number of carbonyl (C=O) groups excluding carboxylic acids is 1. The Morgan fingerprint density at radius 3 is 2.74 bits per heavy atom. The molecule has 4 nitrogen and oxygen atoms in total. The first kappa shape index (κ1) is 15.6. The highest BCUT2D eigenvalue weighted by atomic mass is 16.5. The van der Waals surface area contributed by atoms with Crippen molar-refractivity contribution in [1.82, 2.24) is 4.98 Å². The number of carbonyl (C=O) groups is 1. The van der Waals surface area contributed by atoms with Crippen LogP contribution in [0.15, 0.2) is 18.3 Å². The van der Waals surface area contributed by atoms with Crippen LogP contribution in [0.2, 0.25) is 0 Å². The van der Waals surface area contributed by atoms with Crippen molar-refractivity contribution in [3.05, 3.63) is 23.9 Å². The lowest BCUT2D eigenvalue weighted by molar-refractivity contribution is -0.122. The van der Waals surface area contributed by atoms with Crippen molar-refractivity contribution < 1.29 is 14.3 Å². The van der Waals surface area contributed by atoms with Crippen molar-refractivity contribution in [3.63, 3.8) is 0 Å². The van der Waals surface area contributed by atoms with Crippen LogP contribution < -0.4 is 4.74 Å². The van der Waals surface area contributed by atoms with E-state index in [0.717, 1.165) is 0 Å². The van der Waals surface area contributed by atoms with Gasteiger partial charge in [-0.1, -0.05) is 20.8 Å². The van der Waals surface area contributed by atoms with Crippen LogP contribution in [0.1, 0.15) is 39.2 Å². The summed E-state index contributed by atoms with van der Waals surface area (Å²) in [5.41, 5.74) is 1.27. The van der Waals surface area contributed by atoms with E-state index in [1.54, 1.807) is 6.20 Å². The van der Waals surface area contributed by atoms with Crippen LogP contribution in [-0.4, -0.2) is 31.1 Å². The third kappa shape index (κ3) is 5.83. The van der Waals surface area contributed by atoms with E-state index >= 15 is 0 Å². The number of hydrogen-bond acceptors (Lipinski definition) is 4. The summed E-state index contributed by atoms with van der Waals surface area (Å²) in [5.74, 6) is 0.717. The molecule has 19 heavy (non-hydrogen) atoms. The van der Waals surface area contributed by atoms with Gasteiger partial charge in [0, 0.05) is 25.8 Å². The van der Waals surface area contributed by atoms with Crippen LogP contribution in [0.4, 0.5) is 0 Å². The van der Waals surface area contributed by atoms with Crippen molar-refractivity contribution in [1.29, 1.82) is 0 Å². The Balaban J connectivity index is 2.40. The SMILES string of the molecule is COCC(=O)CCCOc1cc(C(C)(C)C)ccn1. The molecule has 0 fully saturated rings. The molecule has 0 bridgehead atoms. The lowest BCUT2D eigenvalue weighted by atomic mass is 9.88. The number of ketones is 1. The summed E-state index contributed by atoms with van der Waals surface area (Å²) in [6.07, 6.45) is 2.92. The van der Waals surface area contributed by atoms with Gasteiger partial charge in [-0.15, -0.1) is 0 Å². The Bertz CT molecular complexity index is 410. The van der Waals surface area contributed by atoms with Crippen LogP contribution in [0.5, 0.6) is 5.88 Å². The Morgan fingerprint density at radius 1 is 1.37 bits per heavy atom. The van der Waals surface area contributed by atoms with Crippen LogP contribution in [0.25, 0.3) is 0 Å². The van der Waals surface area contributed by atoms with Gasteiger partial charge in [0.25, 0.3) is 0 Å². The van der Waals surface area contributed by atoms with Crippen LogP contribution in [0.3, 0.4) is 0 Å². The zero-order valence-corrected chi connectivity index (χ0v) is 12.2. The van der Waals surface area contributed by atoms with Crippen molar-refractivity contribution >= 4 is 5.78 Å². The number of methoxy groups -OCH3 is 1. The van der Waals surface area contributed by atoms with Gasteiger partial charge in [-0.3, -0.25) is 4.79 Å². The molecule has 0 aliphatic heterocycles. The third-order valence-electron chi connectivity index (χ3n) is 2.76. The highest BCUT2D eigenvalue weighted by molar-refractivity contribution is 5.79. The zero-order chi connectivity index (χ0) is 14.3. The monoisotopic (exact) mass is 265 g/mol. The minimum atomic E-state index is 0.0788. The number of hydrogen-bond donors (Lipinski definition) is 0. The molecule has 4 heteroatoms. The minimum Gasteiger partial charge on any atom is -0.478 e. The molecule has 1 rings (SSSR count). The fourth-order valence-corrected chi connectivity index (χ4v) is 1.63. The molecule has 1 aromatic heterocycles. The normalized spacial score (nSPS) is 11.4. The summed E-state index contributed by atoms with van der Waals surface area (Å²) < 4.78 is 10.3. The Morgan fingerprint density at radius 2 is 2.11 bits per heavy atom. The van der Waals surface area contributed by atoms with Crippen LogP contribution in [0, 0.1) is 0 Å². The van der Waals surface area contributed by atoms with E-state index in [9.17, 15) is 4.79 Å². The smallest absolute Gasteiger partial charge is 0.213 e. The minimum absolute atomic E-state index is 0.0788. The van der Waals surface area contributed by atoms with Gasteiger partial charge in [-0.25, -0.2) is 4.98 Å². The Hall–Kier alpha value is -1.42. The quantitative estimate of drug-likeness (QED) is 0.711. The molecule has 0 spiro atoms. The van der Waals surface area contributed by atoms with Gasteiger partial charge in [0.2, 0.25) is 5.88 Å². The van der Waals surface area contributed by atoms with Gasteiger partial charge in [0.1, 0.15) is 6.61 Å². The average molecular weight is 265 g/mol. The molecule has 0 aliphatic carbocycles. The molecule has 1 aromatic rings. The number of aromatic nitrogens is 1. The standard InChI is InChI=1S/C15H23NO3/c1-15(2,3)12-7-8-16-14(10-12)19-9-5-6-13(17)11-18-4/h7-8,10H,5-6,9,11H2,1-4H3. The molecule has 0 amide bonds. The van der Waals surface area contributed by atoms with Crippen molar-refractivity contribution in [3.8, 4) is 5.88 Å². The summed E-state index contributed by atoms with van der Waals surface area (Å²) in [5, 5.41) is 0. The molecule has 0 unspecified atom stereocenters. The summed E-state index contributed by atoms with van der Waals surface area (Å²) in [6.45, 7) is 7.12. The van der Waals surface area contributed by atoms with E-state index in [4.69, 9.17) is 9.47 Å². The summed E-state index contributed by atoms with van der Waals surface area (Å²) in [4.78, 5) is 15.4. The molecule has 0 saturated carbocycles. The topological polar surface area (TPSA) is 48.4 Å². The fourth-order valence-electron chi connectivity index (χ4n) is 1.63. The lowest BCUT2D eigenvalue weighted by Gasteiger charge is -2.19. The van der Waals surface area contributed by atoms with E-state index < -0.39 is 0 Å². The summed E-state index contributed by atoms with van der Waals surface area (Å²) in [7, 11) is 1.52. The first-order valence-electron chi connectivity index (χ1n) is 6.53. The fraction of sp³-hybridized carbons (Fsp3) is 0.600.